The van der Waals surface area contributed by atoms with Gasteiger partial charge in [-0.2, -0.15) is 0 Å². The van der Waals surface area contributed by atoms with Crippen LogP contribution < -0.4 is 4.90 Å². The molecule has 0 N–H and O–H groups in total. The number of anilines is 1. The molecule has 0 radical (unpaired) electrons. The van der Waals surface area contributed by atoms with Crippen LogP contribution in [0.25, 0.3) is 0 Å². The van der Waals surface area contributed by atoms with Gasteiger partial charge in [0.15, 0.2) is 0 Å². The van der Waals surface area contributed by atoms with Gasteiger partial charge in [0, 0.05) is 18.7 Å². The zero-order valence-corrected chi connectivity index (χ0v) is 13.3. The van der Waals surface area contributed by atoms with Crippen LogP contribution in [-0.2, 0) is 16.0 Å². The molecule has 1 heterocycles. The zero-order chi connectivity index (χ0) is 15.1. The molecule has 0 fully saturated rings. The van der Waals surface area contributed by atoms with Crippen molar-refractivity contribution in [2.75, 3.05) is 24.6 Å². The van der Waals surface area contributed by atoms with Gasteiger partial charge in [-0.1, -0.05) is 18.5 Å². The lowest BCUT2D eigenvalue weighted by Crippen LogP contribution is -2.27. The van der Waals surface area contributed by atoms with Gasteiger partial charge in [0.25, 0.3) is 0 Å². The van der Waals surface area contributed by atoms with Gasteiger partial charge in [0.1, 0.15) is 16.8 Å². The Morgan fingerprint density at radius 3 is 2.55 bits per heavy atom. The van der Waals surface area contributed by atoms with Gasteiger partial charge in [0.05, 0.1) is 13.0 Å². The molecule has 0 spiro atoms. The van der Waals surface area contributed by atoms with Crippen molar-refractivity contribution in [2.24, 2.45) is 0 Å². The van der Waals surface area contributed by atoms with Crippen LogP contribution in [-0.4, -0.2) is 35.6 Å². The lowest BCUT2D eigenvalue weighted by atomic mass is 10.2. The third kappa shape index (κ3) is 4.34. The molecule has 0 aliphatic carbocycles. The topological polar surface area (TPSA) is 55.3 Å². The summed E-state index contributed by atoms with van der Waals surface area (Å²) in [6.07, 6.45) is 1.09. The van der Waals surface area contributed by atoms with Crippen molar-refractivity contribution < 1.29 is 9.53 Å². The van der Waals surface area contributed by atoms with Crippen molar-refractivity contribution >= 4 is 23.4 Å². The first kappa shape index (κ1) is 16.7. The third-order valence-electron chi connectivity index (χ3n) is 2.85. The maximum atomic E-state index is 11.7. The largest absolute Gasteiger partial charge is 0.466 e. The highest BCUT2D eigenvalue weighted by molar-refractivity contribution is 6.30. The summed E-state index contributed by atoms with van der Waals surface area (Å²) in [6.45, 7) is 9.74. The van der Waals surface area contributed by atoms with Crippen LogP contribution >= 0.6 is 11.6 Å². The highest BCUT2D eigenvalue weighted by atomic mass is 35.5. The summed E-state index contributed by atoms with van der Waals surface area (Å²) >= 11 is 6.19. The summed E-state index contributed by atoms with van der Waals surface area (Å²) in [4.78, 5) is 22.4. The molecule has 0 aliphatic rings. The van der Waals surface area contributed by atoms with Crippen LogP contribution in [0.15, 0.2) is 0 Å². The van der Waals surface area contributed by atoms with Crippen LogP contribution in [0.4, 0.5) is 5.82 Å². The van der Waals surface area contributed by atoms with Gasteiger partial charge in [-0.05, 0) is 27.2 Å². The van der Waals surface area contributed by atoms with Crippen LogP contribution in [0.5, 0.6) is 0 Å². The van der Waals surface area contributed by atoms with Gasteiger partial charge in [-0.3, -0.25) is 4.79 Å². The van der Waals surface area contributed by atoms with Crippen LogP contribution in [0, 0.1) is 6.92 Å². The number of rotatable bonds is 7. The van der Waals surface area contributed by atoms with Crippen molar-refractivity contribution in [3.05, 3.63) is 16.5 Å². The number of ether oxygens (including phenoxy) is 1. The fourth-order valence-corrected chi connectivity index (χ4v) is 2.27. The molecule has 1 rings (SSSR count). The summed E-state index contributed by atoms with van der Waals surface area (Å²) in [5.41, 5.74) is 0.644. The molecule has 112 valence electrons. The van der Waals surface area contributed by atoms with E-state index in [2.05, 4.69) is 28.7 Å². The van der Waals surface area contributed by atoms with E-state index < -0.39 is 0 Å². The number of halogens is 1. The van der Waals surface area contributed by atoms with E-state index in [0.29, 0.717) is 23.1 Å². The second kappa shape index (κ2) is 8.04. The first-order valence-corrected chi connectivity index (χ1v) is 7.34. The Balaban J connectivity index is 3.15. The fraction of sp³-hybridized carbons (Fsp3) is 0.643. The van der Waals surface area contributed by atoms with E-state index in [1.807, 2.05) is 0 Å². The molecule has 0 saturated heterocycles. The number of hydrogen-bond acceptors (Lipinski definition) is 5. The first-order valence-electron chi connectivity index (χ1n) is 6.96. The molecule has 0 amide bonds. The van der Waals surface area contributed by atoms with E-state index in [-0.39, 0.29) is 12.4 Å². The van der Waals surface area contributed by atoms with Gasteiger partial charge >= 0.3 is 5.97 Å². The van der Waals surface area contributed by atoms with Crippen molar-refractivity contribution in [2.45, 2.75) is 40.5 Å². The number of esters is 1. The SMILES string of the molecule is CCCN(CC)c1nc(C)nc(Cl)c1CC(=O)OCC. The van der Waals surface area contributed by atoms with Crippen molar-refractivity contribution in [3.63, 3.8) is 0 Å². The Bertz CT molecular complexity index is 466. The summed E-state index contributed by atoms with van der Waals surface area (Å²) in [7, 11) is 0. The minimum atomic E-state index is -0.310. The summed E-state index contributed by atoms with van der Waals surface area (Å²) < 4.78 is 4.99. The monoisotopic (exact) mass is 299 g/mol. The van der Waals surface area contributed by atoms with Gasteiger partial charge in [-0.25, -0.2) is 9.97 Å². The summed E-state index contributed by atoms with van der Waals surface area (Å²) in [5, 5.41) is 0.329. The standard InChI is InChI=1S/C14H22ClN3O2/c1-5-8-18(6-2)14-11(9-12(19)20-7-3)13(15)16-10(4)17-14/h5-9H2,1-4H3. The van der Waals surface area contributed by atoms with E-state index in [1.165, 1.54) is 0 Å². The average molecular weight is 300 g/mol. The molecule has 0 unspecified atom stereocenters. The van der Waals surface area contributed by atoms with Crippen molar-refractivity contribution in [1.29, 1.82) is 0 Å². The van der Waals surface area contributed by atoms with Crippen LogP contribution in [0.3, 0.4) is 0 Å². The van der Waals surface area contributed by atoms with E-state index in [1.54, 1.807) is 13.8 Å². The highest BCUT2D eigenvalue weighted by Crippen LogP contribution is 2.25. The van der Waals surface area contributed by atoms with Crippen LogP contribution in [0.1, 0.15) is 38.6 Å². The number of aryl methyl sites for hydroxylation is 1. The van der Waals surface area contributed by atoms with E-state index in [0.717, 1.165) is 25.3 Å². The summed E-state index contributed by atoms with van der Waals surface area (Å²) in [6, 6.07) is 0. The Kier molecular flexibility index (Phi) is 6.71. The maximum absolute atomic E-state index is 11.7. The molecule has 5 nitrogen and oxygen atoms in total. The zero-order valence-electron chi connectivity index (χ0n) is 12.6. The quantitative estimate of drug-likeness (QED) is 0.572. The normalized spacial score (nSPS) is 10.4. The predicted octanol–water partition coefficient (Wildman–Crippen LogP) is 2.78. The molecule has 20 heavy (non-hydrogen) atoms. The molecule has 0 aromatic carbocycles. The summed E-state index contributed by atoms with van der Waals surface area (Å²) in [5.74, 6) is 1.03. The third-order valence-corrected chi connectivity index (χ3v) is 3.16. The van der Waals surface area contributed by atoms with Crippen LogP contribution in [0.2, 0.25) is 5.15 Å². The Hall–Kier alpha value is -1.36. The lowest BCUT2D eigenvalue weighted by Gasteiger charge is -2.24. The first-order chi connectivity index (χ1) is 9.53. The molecular weight excluding hydrogens is 278 g/mol. The minimum absolute atomic E-state index is 0.0997. The lowest BCUT2D eigenvalue weighted by molar-refractivity contribution is -0.142. The Morgan fingerprint density at radius 2 is 2.00 bits per heavy atom. The number of hydrogen-bond donors (Lipinski definition) is 0. The number of carbonyl (C=O) groups is 1. The number of carbonyl (C=O) groups excluding carboxylic acids is 1. The van der Waals surface area contributed by atoms with Crippen molar-refractivity contribution in [1.82, 2.24) is 9.97 Å². The second-order valence-corrected chi connectivity index (χ2v) is 4.78. The predicted molar refractivity (Wildman–Crippen MR) is 80.3 cm³/mol. The average Bonchev–Trinajstić information content (AvgIpc) is 2.39. The molecule has 1 aromatic rings. The fourth-order valence-electron chi connectivity index (χ4n) is 2.00. The molecule has 0 aliphatic heterocycles. The minimum Gasteiger partial charge on any atom is -0.466 e. The molecule has 6 heteroatoms. The van der Waals surface area contributed by atoms with E-state index >= 15 is 0 Å². The number of aromatic nitrogens is 2. The molecule has 0 saturated carbocycles. The molecule has 0 bridgehead atoms. The maximum Gasteiger partial charge on any atom is 0.310 e. The van der Waals surface area contributed by atoms with Gasteiger partial charge < -0.3 is 9.64 Å². The smallest absolute Gasteiger partial charge is 0.310 e. The Labute approximate surface area is 125 Å². The van der Waals surface area contributed by atoms with Crippen molar-refractivity contribution in [3.8, 4) is 0 Å². The second-order valence-electron chi connectivity index (χ2n) is 4.43. The molecular formula is C14H22ClN3O2. The molecule has 1 aromatic heterocycles. The van der Waals surface area contributed by atoms with Gasteiger partial charge in [0.2, 0.25) is 0 Å². The van der Waals surface area contributed by atoms with Gasteiger partial charge in [-0.15, -0.1) is 0 Å². The molecule has 0 atom stereocenters. The van der Waals surface area contributed by atoms with E-state index in [4.69, 9.17) is 16.3 Å². The Morgan fingerprint density at radius 1 is 1.30 bits per heavy atom. The number of nitrogens with zero attached hydrogens (tertiary/aromatic N) is 3. The van der Waals surface area contributed by atoms with E-state index in [9.17, 15) is 4.79 Å². The highest BCUT2D eigenvalue weighted by Gasteiger charge is 2.19.